The Morgan fingerprint density at radius 1 is 1.47 bits per heavy atom. The van der Waals surface area contributed by atoms with E-state index in [1.807, 2.05) is 24.3 Å². The van der Waals surface area contributed by atoms with Gasteiger partial charge in [-0.05, 0) is 18.1 Å². The Hall–Kier alpha value is -1.55. The van der Waals surface area contributed by atoms with Crippen molar-refractivity contribution in [2.45, 2.75) is 31.3 Å². The molecule has 4 heteroatoms. The first-order chi connectivity index (χ1) is 9.13. The van der Waals surface area contributed by atoms with E-state index in [0.29, 0.717) is 19.6 Å². The third kappa shape index (κ3) is 2.10. The lowest BCUT2D eigenvalue weighted by atomic mass is 9.87. The number of aliphatic hydroxyl groups is 1. The molecule has 1 unspecified atom stereocenters. The van der Waals surface area contributed by atoms with Gasteiger partial charge in [-0.1, -0.05) is 31.5 Å². The van der Waals surface area contributed by atoms with E-state index in [-0.39, 0.29) is 11.8 Å². The van der Waals surface area contributed by atoms with Crippen molar-refractivity contribution < 1.29 is 9.90 Å². The molecule has 1 saturated heterocycles. The summed E-state index contributed by atoms with van der Waals surface area (Å²) in [4.78, 5) is 14.2. The van der Waals surface area contributed by atoms with Crippen LogP contribution in [0.15, 0.2) is 24.3 Å². The van der Waals surface area contributed by atoms with Crippen molar-refractivity contribution in [3.05, 3.63) is 29.8 Å². The van der Waals surface area contributed by atoms with E-state index in [1.54, 1.807) is 4.90 Å². The van der Waals surface area contributed by atoms with Gasteiger partial charge in [-0.3, -0.25) is 4.79 Å². The third-order valence-corrected chi connectivity index (χ3v) is 4.13. The number of β-amino-alcohol motifs (C(OH)–C–C–N with tert-alkyl or cyclic N) is 1. The molecule has 2 aliphatic rings. The van der Waals surface area contributed by atoms with Crippen LogP contribution in [0.3, 0.4) is 0 Å². The lowest BCUT2D eigenvalue weighted by Crippen LogP contribution is -2.64. The maximum atomic E-state index is 12.5. The van der Waals surface area contributed by atoms with E-state index in [9.17, 15) is 9.90 Å². The molecule has 1 amide bonds. The highest BCUT2D eigenvalue weighted by atomic mass is 16.3. The van der Waals surface area contributed by atoms with Crippen molar-refractivity contribution in [2.75, 3.05) is 25.0 Å². The lowest BCUT2D eigenvalue weighted by Gasteiger charge is -2.47. The number of benzene rings is 1. The Morgan fingerprint density at radius 2 is 2.21 bits per heavy atom. The fraction of sp³-hybridized carbons (Fsp3) is 0.533. The highest BCUT2D eigenvalue weighted by Gasteiger charge is 2.45. The Labute approximate surface area is 113 Å². The van der Waals surface area contributed by atoms with Gasteiger partial charge < -0.3 is 15.3 Å². The molecule has 0 bridgehead atoms. The smallest absolute Gasteiger partial charge is 0.232 e. The van der Waals surface area contributed by atoms with Crippen LogP contribution >= 0.6 is 0 Å². The number of hydrogen-bond acceptors (Lipinski definition) is 3. The lowest BCUT2D eigenvalue weighted by molar-refractivity contribution is -0.157. The fourth-order valence-electron chi connectivity index (χ4n) is 3.17. The fourth-order valence-corrected chi connectivity index (χ4v) is 3.17. The molecule has 102 valence electrons. The first kappa shape index (κ1) is 12.5. The van der Waals surface area contributed by atoms with E-state index in [4.69, 9.17) is 0 Å². The normalized spacial score (nSPS) is 23.5. The molecule has 3 rings (SSSR count). The summed E-state index contributed by atoms with van der Waals surface area (Å²) in [7, 11) is 0. The van der Waals surface area contributed by atoms with E-state index in [1.165, 1.54) is 0 Å². The molecule has 19 heavy (non-hydrogen) atoms. The molecular formula is C15H20N2O2. The van der Waals surface area contributed by atoms with Gasteiger partial charge in [0.05, 0.1) is 24.6 Å². The maximum absolute atomic E-state index is 12.5. The number of hydrogen-bond donors (Lipinski definition) is 2. The first-order valence-electron chi connectivity index (χ1n) is 6.97. The van der Waals surface area contributed by atoms with E-state index < -0.39 is 5.60 Å². The molecule has 0 aliphatic carbocycles. The van der Waals surface area contributed by atoms with Crippen molar-refractivity contribution in [2.24, 2.45) is 0 Å². The second-order valence-corrected chi connectivity index (χ2v) is 5.69. The topological polar surface area (TPSA) is 52.6 Å². The van der Waals surface area contributed by atoms with Gasteiger partial charge in [0.15, 0.2) is 0 Å². The number of likely N-dealkylation sites (tertiary alicyclic amines) is 1. The van der Waals surface area contributed by atoms with Crippen LogP contribution in [0.25, 0.3) is 0 Å². The Bertz CT molecular complexity index is 495. The van der Waals surface area contributed by atoms with Crippen LogP contribution in [0.2, 0.25) is 0 Å². The zero-order valence-electron chi connectivity index (χ0n) is 11.2. The molecule has 1 atom stereocenters. The standard InChI is InChI=1S/C15H20N2O2/c1-2-7-15(19)9-17(10-15)14(18)12-8-16-13-6-4-3-5-11(12)13/h3-6,12,16,19H,2,7-10H2,1H3. The molecule has 1 aromatic rings. The highest BCUT2D eigenvalue weighted by molar-refractivity contribution is 5.89. The van der Waals surface area contributed by atoms with Crippen molar-refractivity contribution in [3.63, 3.8) is 0 Å². The zero-order chi connectivity index (χ0) is 13.5. The number of carbonyl (C=O) groups is 1. The van der Waals surface area contributed by atoms with E-state index >= 15 is 0 Å². The molecule has 2 N–H and O–H groups in total. The predicted molar refractivity (Wildman–Crippen MR) is 74.1 cm³/mol. The molecule has 4 nitrogen and oxygen atoms in total. The average Bonchev–Trinajstić information content (AvgIpc) is 2.79. The van der Waals surface area contributed by atoms with Crippen molar-refractivity contribution in [1.82, 2.24) is 4.90 Å². The Balaban J connectivity index is 1.68. The number of nitrogens with zero attached hydrogens (tertiary/aromatic N) is 1. The summed E-state index contributed by atoms with van der Waals surface area (Å²) in [5.74, 6) is 0.0422. The number of anilines is 1. The zero-order valence-corrected chi connectivity index (χ0v) is 11.2. The number of rotatable bonds is 3. The first-order valence-corrected chi connectivity index (χ1v) is 6.97. The number of amides is 1. The number of fused-ring (bicyclic) bond motifs is 1. The summed E-state index contributed by atoms with van der Waals surface area (Å²) >= 11 is 0. The molecule has 0 aromatic heterocycles. The number of nitrogens with one attached hydrogen (secondary N) is 1. The van der Waals surface area contributed by atoms with Gasteiger partial charge in [-0.25, -0.2) is 0 Å². The minimum Gasteiger partial charge on any atom is -0.386 e. The second-order valence-electron chi connectivity index (χ2n) is 5.69. The summed E-state index contributed by atoms with van der Waals surface area (Å²) in [5, 5.41) is 13.4. The maximum Gasteiger partial charge on any atom is 0.232 e. The Morgan fingerprint density at radius 3 is 2.95 bits per heavy atom. The molecule has 0 radical (unpaired) electrons. The summed E-state index contributed by atoms with van der Waals surface area (Å²) in [5.41, 5.74) is 1.50. The quantitative estimate of drug-likeness (QED) is 0.867. The summed E-state index contributed by atoms with van der Waals surface area (Å²) < 4.78 is 0. The minimum atomic E-state index is -0.643. The van der Waals surface area contributed by atoms with Crippen LogP contribution in [-0.4, -0.2) is 41.1 Å². The van der Waals surface area contributed by atoms with Gasteiger partial charge >= 0.3 is 0 Å². The minimum absolute atomic E-state index is 0.0950. The van der Waals surface area contributed by atoms with Crippen molar-refractivity contribution in [1.29, 1.82) is 0 Å². The molecule has 1 aromatic carbocycles. The molecule has 2 aliphatic heterocycles. The number of para-hydroxylation sites is 1. The van der Waals surface area contributed by atoms with Crippen molar-refractivity contribution >= 4 is 11.6 Å². The van der Waals surface area contributed by atoms with E-state index in [0.717, 1.165) is 24.1 Å². The second kappa shape index (κ2) is 4.53. The van der Waals surface area contributed by atoms with Gasteiger partial charge in [-0.2, -0.15) is 0 Å². The molecule has 2 heterocycles. The van der Waals surface area contributed by atoms with Crippen LogP contribution in [0.1, 0.15) is 31.2 Å². The van der Waals surface area contributed by atoms with Crippen LogP contribution in [0.5, 0.6) is 0 Å². The van der Waals surface area contributed by atoms with Gasteiger partial charge in [0.1, 0.15) is 0 Å². The monoisotopic (exact) mass is 260 g/mol. The predicted octanol–water partition coefficient (Wildman–Crippen LogP) is 1.57. The number of carbonyl (C=O) groups excluding carboxylic acids is 1. The van der Waals surface area contributed by atoms with Crippen LogP contribution < -0.4 is 5.32 Å². The summed E-state index contributed by atoms with van der Waals surface area (Å²) in [6.07, 6.45) is 1.72. The molecule has 0 spiro atoms. The molecule has 0 saturated carbocycles. The van der Waals surface area contributed by atoms with Crippen LogP contribution in [0.4, 0.5) is 5.69 Å². The van der Waals surface area contributed by atoms with Gasteiger partial charge in [0.25, 0.3) is 0 Å². The van der Waals surface area contributed by atoms with Gasteiger partial charge in [-0.15, -0.1) is 0 Å². The average molecular weight is 260 g/mol. The largest absolute Gasteiger partial charge is 0.386 e. The summed E-state index contributed by atoms with van der Waals surface area (Å²) in [6, 6.07) is 7.96. The molecular weight excluding hydrogens is 240 g/mol. The van der Waals surface area contributed by atoms with Gasteiger partial charge in [0, 0.05) is 12.2 Å². The third-order valence-electron chi connectivity index (χ3n) is 4.13. The van der Waals surface area contributed by atoms with E-state index in [2.05, 4.69) is 12.2 Å². The summed E-state index contributed by atoms with van der Waals surface area (Å²) in [6.45, 7) is 3.69. The SMILES string of the molecule is CCCC1(O)CN(C(=O)C2CNc3ccccc32)C1. The van der Waals surface area contributed by atoms with Crippen LogP contribution in [0, 0.1) is 0 Å². The van der Waals surface area contributed by atoms with Gasteiger partial charge in [0.2, 0.25) is 5.91 Å². The van der Waals surface area contributed by atoms with Crippen LogP contribution in [-0.2, 0) is 4.79 Å². The molecule has 1 fully saturated rings. The van der Waals surface area contributed by atoms with Crippen molar-refractivity contribution in [3.8, 4) is 0 Å². The highest BCUT2D eigenvalue weighted by Crippen LogP contribution is 2.35. The Kier molecular flexibility index (Phi) is 2.97.